The van der Waals surface area contributed by atoms with Crippen LogP contribution in [0.4, 0.5) is 0 Å². The molecule has 1 fully saturated rings. The van der Waals surface area contributed by atoms with Crippen LogP contribution in [-0.4, -0.2) is 64.0 Å². The number of aliphatic carboxylic acids is 1. The molecule has 5 atom stereocenters. The van der Waals surface area contributed by atoms with Crippen LogP contribution in [0.3, 0.4) is 0 Å². The van der Waals surface area contributed by atoms with Gasteiger partial charge in [-0.1, -0.05) is 30.4 Å². The van der Waals surface area contributed by atoms with Crippen LogP contribution in [0.5, 0.6) is 5.75 Å². The minimum atomic E-state index is -0.850. The molecule has 0 aromatic heterocycles. The molecule has 0 bridgehead atoms. The summed E-state index contributed by atoms with van der Waals surface area (Å²) in [5, 5.41) is 39.0. The molecule has 0 amide bonds. The first kappa shape index (κ1) is 22.4. The van der Waals surface area contributed by atoms with Crippen molar-refractivity contribution in [1.29, 1.82) is 0 Å². The van der Waals surface area contributed by atoms with Gasteiger partial charge in [0, 0.05) is 18.8 Å². The van der Waals surface area contributed by atoms with Gasteiger partial charge >= 0.3 is 5.97 Å². The number of unbranched alkanes of at least 4 members (excludes halogenated alkanes) is 1. The van der Waals surface area contributed by atoms with Crippen molar-refractivity contribution in [3.05, 3.63) is 42.5 Å². The Morgan fingerprint density at radius 3 is 2.61 bits per heavy atom. The number of hydrogen-bond donors (Lipinski definition) is 4. The molecular formula is C21H30O7. The number of para-hydroxylation sites is 1. The fourth-order valence-corrected chi connectivity index (χ4v) is 3.31. The number of ether oxygens (including phenoxy) is 2. The van der Waals surface area contributed by atoms with Crippen LogP contribution in [0.2, 0.25) is 0 Å². The third-order valence-corrected chi connectivity index (χ3v) is 4.78. The van der Waals surface area contributed by atoms with E-state index in [-0.39, 0.29) is 32.0 Å². The van der Waals surface area contributed by atoms with Gasteiger partial charge in [0.25, 0.3) is 0 Å². The highest BCUT2D eigenvalue weighted by molar-refractivity contribution is 5.66. The van der Waals surface area contributed by atoms with Crippen LogP contribution < -0.4 is 4.74 Å². The third-order valence-electron chi connectivity index (χ3n) is 4.78. The zero-order valence-corrected chi connectivity index (χ0v) is 15.9. The number of rotatable bonds is 12. The van der Waals surface area contributed by atoms with E-state index in [4.69, 9.17) is 14.6 Å². The number of benzene rings is 1. The molecule has 1 aromatic carbocycles. The molecule has 28 heavy (non-hydrogen) atoms. The highest BCUT2D eigenvalue weighted by atomic mass is 16.5. The molecule has 4 N–H and O–H groups in total. The van der Waals surface area contributed by atoms with E-state index in [1.54, 1.807) is 12.1 Å². The van der Waals surface area contributed by atoms with Gasteiger partial charge < -0.3 is 29.9 Å². The first-order chi connectivity index (χ1) is 13.5. The molecule has 0 unspecified atom stereocenters. The van der Waals surface area contributed by atoms with Gasteiger partial charge in [0.05, 0.1) is 24.9 Å². The van der Waals surface area contributed by atoms with Gasteiger partial charge in [-0.15, -0.1) is 0 Å². The predicted octanol–water partition coefficient (Wildman–Crippen LogP) is 1.75. The lowest BCUT2D eigenvalue weighted by molar-refractivity contribution is -0.137. The van der Waals surface area contributed by atoms with Crippen molar-refractivity contribution >= 4 is 5.97 Å². The van der Waals surface area contributed by atoms with Crippen LogP contribution in [0.1, 0.15) is 32.1 Å². The molecule has 0 heterocycles. The summed E-state index contributed by atoms with van der Waals surface area (Å²) in [6.07, 6.45) is 2.99. The molecule has 0 aliphatic heterocycles. The van der Waals surface area contributed by atoms with Crippen LogP contribution in [0, 0.1) is 5.92 Å². The second-order valence-corrected chi connectivity index (χ2v) is 7.10. The van der Waals surface area contributed by atoms with E-state index in [1.165, 1.54) is 0 Å². The third kappa shape index (κ3) is 7.59. The topological polar surface area (TPSA) is 116 Å². The minimum Gasteiger partial charge on any atom is -0.491 e. The summed E-state index contributed by atoms with van der Waals surface area (Å²) in [4.78, 5) is 10.5. The van der Waals surface area contributed by atoms with Crippen LogP contribution in [0.15, 0.2) is 42.5 Å². The molecule has 1 aliphatic rings. The Kier molecular flexibility index (Phi) is 9.43. The van der Waals surface area contributed by atoms with Crippen molar-refractivity contribution in [3.63, 3.8) is 0 Å². The van der Waals surface area contributed by atoms with Crippen LogP contribution in [-0.2, 0) is 9.53 Å². The van der Waals surface area contributed by atoms with Crippen molar-refractivity contribution in [2.75, 3.05) is 13.2 Å². The normalized spacial score (nSPS) is 25.8. The molecule has 1 saturated carbocycles. The van der Waals surface area contributed by atoms with Gasteiger partial charge in [-0.05, 0) is 31.4 Å². The maximum atomic E-state index is 10.5. The van der Waals surface area contributed by atoms with E-state index in [0.717, 1.165) is 0 Å². The summed E-state index contributed by atoms with van der Waals surface area (Å²) in [6.45, 7) is 0.0731. The van der Waals surface area contributed by atoms with Gasteiger partial charge in [0.1, 0.15) is 18.5 Å². The van der Waals surface area contributed by atoms with Crippen LogP contribution in [0.25, 0.3) is 0 Å². The number of aliphatic hydroxyl groups is 3. The second kappa shape index (κ2) is 11.8. The van der Waals surface area contributed by atoms with Crippen molar-refractivity contribution in [1.82, 2.24) is 0 Å². The van der Waals surface area contributed by atoms with Gasteiger partial charge in [-0.2, -0.15) is 0 Å². The Hall–Kier alpha value is -1.93. The highest BCUT2D eigenvalue weighted by Crippen LogP contribution is 2.32. The quantitative estimate of drug-likeness (QED) is 0.315. The molecule has 7 heteroatoms. The zero-order chi connectivity index (χ0) is 20.4. The SMILES string of the molecule is O=C(O)CCC/C=C\C[C@@H]1[C@@H](OC[C@H](O)COc2ccccc2)[C@H](O)C[C@@H]1O. The molecule has 0 saturated heterocycles. The van der Waals surface area contributed by atoms with Gasteiger partial charge in [0.2, 0.25) is 0 Å². The number of carbonyl (C=O) groups is 1. The summed E-state index contributed by atoms with van der Waals surface area (Å²) in [5.41, 5.74) is 0. The fourth-order valence-electron chi connectivity index (χ4n) is 3.31. The Morgan fingerprint density at radius 2 is 1.89 bits per heavy atom. The summed E-state index contributed by atoms with van der Waals surface area (Å²) < 4.78 is 11.2. The van der Waals surface area contributed by atoms with E-state index in [0.29, 0.717) is 25.0 Å². The summed E-state index contributed by atoms with van der Waals surface area (Å²) in [7, 11) is 0. The molecule has 1 aromatic rings. The smallest absolute Gasteiger partial charge is 0.303 e. The largest absolute Gasteiger partial charge is 0.491 e. The maximum absolute atomic E-state index is 10.5. The van der Waals surface area contributed by atoms with E-state index >= 15 is 0 Å². The highest BCUT2D eigenvalue weighted by Gasteiger charge is 2.42. The lowest BCUT2D eigenvalue weighted by Crippen LogP contribution is -2.34. The van der Waals surface area contributed by atoms with Crippen molar-refractivity contribution in [2.45, 2.75) is 56.5 Å². The molecule has 2 rings (SSSR count). The maximum Gasteiger partial charge on any atom is 0.303 e. The standard InChI is InChI=1S/C21H30O7/c22-15(13-27-16-8-4-3-5-9-16)14-28-21-17(18(23)12-19(21)24)10-6-1-2-7-11-20(25)26/h1,3-6,8-9,15,17-19,21-24H,2,7,10-14H2,(H,25,26)/b6-1-/t15-,17+,18+,19-,21-/m1/s1. The number of carboxylic acids is 1. The Balaban J connectivity index is 1.74. The summed E-state index contributed by atoms with van der Waals surface area (Å²) >= 11 is 0. The Bertz CT molecular complexity index is 604. The Morgan fingerprint density at radius 1 is 1.14 bits per heavy atom. The Labute approximate surface area is 165 Å². The van der Waals surface area contributed by atoms with Gasteiger partial charge in [-0.25, -0.2) is 0 Å². The molecular weight excluding hydrogens is 364 g/mol. The van der Waals surface area contributed by atoms with Crippen LogP contribution >= 0.6 is 0 Å². The summed E-state index contributed by atoms with van der Waals surface area (Å²) in [6, 6.07) is 9.15. The van der Waals surface area contributed by atoms with E-state index in [9.17, 15) is 20.1 Å². The molecule has 0 spiro atoms. The second-order valence-electron chi connectivity index (χ2n) is 7.10. The first-order valence-corrected chi connectivity index (χ1v) is 9.67. The van der Waals surface area contributed by atoms with Crippen molar-refractivity contribution in [2.24, 2.45) is 5.92 Å². The average molecular weight is 394 g/mol. The number of allylic oxidation sites excluding steroid dienone is 2. The lowest BCUT2D eigenvalue weighted by atomic mass is 9.98. The predicted molar refractivity (Wildman–Crippen MR) is 103 cm³/mol. The molecule has 0 radical (unpaired) electrons. The number of aliphatic hydroxyl groups excluding tert-OH is 3. The number of hydrogen-bond acceptors (Lipinski definition) is 6. The van der Waals surface area contributed by atoms with E-state index in [1.807, 2.05) is 30.4 Å². The monoisotopic (exact) mass is 394 g/mol. The van der Waals surface area contributed by atoms with Gasteiger partial charge in [0.15, 0.2) is 0 Å². The van der Waals surface area contributed by atoms with Crippen molar-refractivity contribution in [3.8, 4) is 5.75 Å². The first-order valence-electron chi connectivity index (χ1n) is 9.67. The molecule has 1 aliphatic carbocycles. The van der Waals surface area contributed by atoms with Gasteiger partial charge in [-0.3, -0.25) is 4.79 Å². The fraction of sp³-hybridized carbons (Fsp3) is 0.571. The molecule has 7 nitrogen and oxygen atoms in total. The lowest BCUT2D eigenvalue weighted by Gasteiger charge is -2.24. The average Bonchev–Trinajstić information content (AvgIpc) is 2.94. The zero-order valence-electron chi connectivity index (χ0n) is 15.9. The van der Waals surface area contributed by atoms with E-state index in [2.05, 4.69) is 0 Å². The minimum absolute atomic E-state index is 0.000105. The molecule has 156 valence electrons. The summed E-state index contributed by atoms with van der Waals surface area (Å²) in [5.74, 6) is -0.428. The van der Waals surface area contributed by atoms with Crippen molar-refractivity contribution < 1.29 is 34.7 Å². The number of carboxylic acid groups (broad SMARTS) is 1. The van der Waals surface area contributed by atoms with E-state index < -0.39 is 30.4 Å².